The van der Waals surface area contributed by atoms with Crippen LogP contribution in [0.25, 0.3) is 0 Å². The fourth-order valence-electron chi connectivity index (χ4n) is 3.55. The second-order valence-electron chi connectivity index (χ2n) is 6.30. The van der Waals surface area contributed by atoms with E-state index >= 15 is 0 Å². The zero-order valence-corrected chi connectivity index (χ0v) is 17.6. The summed E-state index contributed by atoms with van der Waals surface area (Å²) in [5.74, 6) is -0.321. The minimum atomic E-state index is -1.35. The Labute approximate surface area is 160 Å². The first-order valence-corrected chi connectivity index (χ1v) is 7.62. The largest absolute Gasteiger partial charge is 2.00 e. The van der Waals surface area contributed by atoms with E-state index in [2.05, 4.69) is 11.7 Å². The molecule has 3 aliphatic rings. The van der Waals surface area contributed by atoms with Gasteiger partial charge in [-0.1, -0.05) is 12.8 Å². The molecule has 2 aliphatic carbocycles. The van der Waals surface area contributed by atoms with Crippen LogP contribution in [0.2, 0.25) is 0 Å². The Morgan fingerprint density at radius 3 is 2.70 bits per heavy atom. The van der Waals surface area contributed by atoms with Crippen molar-refractivity contribution in [1.82, 2.24) is 0 Å². The molecule has 1 aliphatic heterocycles. The summed E-state index contributed by atoms with van der Waals surface area (Å²) in [5.41, 5.74) is -1.35. The molecule has 6 nitrogen and oxygen atoms in total. The summed E-state index contributed by atoms with van der Waals surface area (Å²) < 4.78 is 9.65. The molecule has 0 aromatic carbocycles. The van der Waals surface area contributed by atoms with E-state index < -0.39 is 11.6 Å². The van der Waals surface area contributed by atoms with Gasteiger partial charge in [0, 0.05) is 11.8 Å². The predicted molar refractivity (Wildman–Crippen MR) is 76.0 cm³/mol. The van der Waals surface area contributed by atoms with Gasteiger partial charge in [0.05, 0.1) is 0 Å². The molecule has 2 bridgehead atoms. The van der Waals surface area contributed by atoms with Gasteiger partial charge in [-0.15, -0.1) is 5.92 Å². The van der Waals surface area contributed by atoms with Crippen molar-refractivity contribution >= 4 is 18.2 Å². The number of aliphatic hydroxyl groups is 1. The van der Waals surface area contributed by atoms with Gasteiger partial charge in [-0.2, -0.15) is 0 Å². The normalized spacial score (nSPS) is 35.3. The summed E-state index contributed by atoms with van der Waals surface area (Å²) in [5, 5.41) is 9.22. The maximum absolute atomic E-state index is 11.3. The first kappa shape index (κ1) is 20.7. The smallest absolute Gasteiger partial charge is 0.541 e. The summed E-state index contributed by atoms with van der Waals surface area (Å²) in [6.07, 6.45) is 4.39. The molecule has 2 saturated carbocycles. The van der Waals surface area contributed by atoms with Gasteiger partial charge >= 0.3 is 43.1 Å². The Bertz CT molecular complexity index is 461. The maximum atomic E-state index is 11.3. The zero-order valence-electron chi connectivity index (χ0n) is 13.4. The van der Waals surface area contributed by atoms with Crippen LogP contribution in [0.5, 0.6) is 0 Å². The molecule has 0 aromatic rings. The van der Waals surface area contributed by atoms with E-state index in [4.69, 9.17) is 4.74 Å². The van der Waals surface area contributed by atoms with Gasteiger partial charge in [-0.3, -0.25) is 11.1 Å². The van der Waals surface area contributed by atoms with E-state index in [1.54, 1.807) is 6.92 Å². The number of fused-ring (bicyclic) bond motifs is 1. The van der Waals surface area contributed by atoms with Crippen molar-refractivity contribution in [3.05, 3.63) is 6.92 Å². The van der Waals surface area contributed by atoms with E-state index in [0.29, 0.717) is 18.3 Å². The Hall–Kier alpha value is -0.378. The third-order valence-electron chi connectivity index (χ3n) is 4.98. The van der Waals surface area contributed by atoms with E-state index in [-0.39, 0.29) is 61.6 Å². The van der Waals surface area contributed by atoms with Crippen LogP contribution < -0.4 is 0 Å². The Balaban J connectivity index is 0.000000226. The zero-order chi connectivity index (χ0) is 16.5. The fourth-order valence-corrected chi connectivity index (χ4v) is 3.55. The molecule has 3 rings (SSSR count). The maximum Gasteiger partial charge on any atom is 2.00 e. The van der Waals surface area contributed by atoms with Crippen LogP contribution in [-0.2, 0) is 23.9 Å². The average Bonchev–Trinajstić information content (AvgIpc) is 3.09. The number of hydrogen-bond donors (Lipinski definition) is 1. The van der Waals surface area contributed by atoms with Crippen molar-refractivity contribution in [3.63, 3.8) is 0 Å². The molecular weight excluding hydrogens is 526 g/mol. The molecule has 3 fully saturated rings. The second-order valence-corrected chi connectivity index (χ2v) is 6.30. The third kappa shape index (κ3) is 4.00. The molecule has 0 aromatic heterocycles. The monoisotopic (exact) mass is 548 g/mol. The average molecular weight is 548 g/mol. The Morgan fingerprint density at radius 1 is 1.52 bits per heavy atom. The fraction of sp³-hybridized carbons (Fsp3) is 0.750. The van der Waals surface area contributed by atoms with Crippen molar-refractivity contribution in [2.75, 3.05) is 6.61 Å². The second kappa shape index (κ2) is 8.13. The van der Waals surface area contributed by atoms with Gasteiger partial charge in [-0.05, 0) is 32.8 Å². The van der Waals surface area contributed by atoms with Gasteiger partial charge in [0.15, 0.2) is 5.60 Å². The topological polar surface area (TPSA) is 89.9 Å². The number of esters is 2. The minimum Gasteiger partial charge on any atom is -0.541 e. The van der Waals surface area contributed by atoms with Gasteiger partial charge in [-0.25, -0.2) is 4.79 Å². The molecule has 1 saturated heterocycles. The third-order valence-corrected chi connectivity index (χ3v) is 4.98. The van der Waals surface area contributed by atoms with Crippen LogP contribution in [0, 0.1) is 61.7 Å². The Morgan fingerprint density at radius 2 is 2.17 bits per heavy atom. The van der Waals surface area contributed by atoms with Gasteiger partial charge in [0.2, 0.25) is 0 Å². The molecule has 1 heterocycles. The number of carbonyl (C=O) groups is 2. The number of hydrogen-bond acceptors (Lipinski definition) is 6. The molecular formula is C16H22O6U. The molecule has 0 amide bonds. The number of carbonyl (C=O) groups excluding carboxylic acids is 3. The molecule has 0 spiro atoms. The van der Waals surface area contributed by atoms with Crippen molar-refractivity contribution < 1.29 is 60.1 Å². The van der Waals surface area contributed by atoms with E-state index in [0.717, 1.165) is 12.8 Å². The molecule has 1 N–H and O–H groups in total. The van der Waals surface area contributed by atoms with Gasteiger partial charge < -0.3 is 26.3 Å². The van der Waals surface area contributed by atoms with E-state index in [1.807, 2.05) is 6.29 Å². The van der Waals surface area contributed by atoms with Crippen molar-refractivity contribution in [1.29, 1.82) is 0 Å². The standard InChI is InChI=1S/C9H9O3.C7H13O3.U/c10-3-6-4-1-5-7(2-4)12-9(11)8(5)6;1-4-7(3,9)6(8)10-5-2;/h4-8H,1-2H2;9H,2,4-5H2,1,3H3;/q2*-1;+2. The molecule has 6 atom stereocenters. The summed E-state index contributed by atoms with van der Waals surface area (Å²) in [6, 6.07) is 0. The first-order valence-electron chi connectivity index (χ1n) is 7.62. The van der Waals surface area contributed by atoms with E-state index in [9.17, 15) is 19.5 Å². The quantitative estimate of drug-likeness (QED) is 0.414. The summed E-state index contributed by atoms with van der Waals surface area (Å²) in [4.78, 5) is 32.6. The van der Waals surface area contributed by atoms with Crippen molar-refractivity contribution in [3.8, 4) is 0 Å². The van der Waals surface area contributed by atoms with E-state index in [1.165, 1.54) is 6.92 Å². The first-order chi connectivity index (χ1) is 10.4. The summed E-state index contributed by atoms with van der Waals surface area (Å²) in [6.45, 7) is 6.52. The molecule has 6 unspecified atom stereocenters. The van der Waals surface area contributed by atoms with Crippen LogP contribution in [0.4, 0.5) is 0 Å². The summed E-state index contributed by atoms with van der Waals surface area (Å²) >= 11 is 0. The Kier molecular flexibility index (Phi) is 7.31. The SMILES string of the molecule is O=[C-]C1C2CC3OC(=O)C1C3C2.[CH2-]COC(=O)C(C)(O)CC.[U+2]. The van der Waals surface area contributed by atoms with Gasteiger partial charge in [0.25, 0.3) is 0 Å². The van der Waals surface area contributed by atoms with Crippen molar-refractivity contribution in [2.24, 2.45) is 23.7 Å². The molecule has 126 valence electrons. The van der Waals surface area contributed by atoms with Crippen LogP contribution in [0.1, 0.15) is 33.1 Å². The summed E-state index contributed by atoms with van der Waals surface area (Å²) in [7, 11) is 0. The molecule has 7 heteroatoms. The molecule has 0 radical (unpaired) electrons. The number of rotatable bonds is 4. The van der Waals surface area contributed by atoms with Crippen LogP contribution >= 0.6 is 0 Å². The van der Waals surface area contributed by atoms with Crippen LogP contribution in [-0.4, -0.2) is 41.6 Å². The predicted octanol–water partition coefficient (Wildman–Crippen LogP) is 0.818. The van der Waals surface area contributed by atoms with Crippen LogP contribution in [0.15, 0.2) is 0 Å². The minimum absolute atomic E-state index is 0. The van der Waals surface area contributed by atoms with Crippen molar-refractivity contribution in [2.45, 2.75) is 44.8 Å². The molecule has 23 heavy (non-hydrogen) atoms. The number of ether oxygens (including phenoxy) is 2. The van der Waals surface area contributed by atoms with Crippen LogP contribution in [0.3, 0.4) is 0 Å². The van der Waals surface area contributed by atoms with Gasteiger partial charge in [0.1, 0.15) is 6.10 Å².